The molecule has 0 aliphatic carbocycles. The number of nitrogens with two attached hydrogens (primary N) is 1. The van der Waals surface area contributed by atoms with Crippen LogP contribution in [0.25, 0.3) is 0 Å². The van der Waals surface area contributed by atoms with Crippen molar-refractivity contribution in [3.05, 3.63) is 0 Å². The molecule has 2 rings (SSSR count). The van der Waals surface area contributed by atoms with Crippen LogP contribution in [0.5, 0.6) is 0 Å². The number of rotatable bonds is 5. The Morgan fingerprint density at radius 1 is 1.17 bits per heavy atom. The molecule has 0 unspecified atom stereocenters. The average molecular weight is 324 g/mol. The summed E-state index contributed by atoms with van der Waals surface area (Å²) in [6.45, 7) is 2.51. The van der Waals surface area contributed by atoms with Gasteiger partial charge < -0.3 is 20.9 Å². The van der Waals surface area contributed by atoms with Crippen LogP contribution in [0, 0.1) is 5.92 Å². The number of piperidine rings is 1. The first-order valence-electron chi connectivity index (χ1n) is 8.13. The molecule has 2 fully saturated rings. The van der Waals surface area contributed by atoms with Crippen molar-refractivity contribution in [1.82, 2.24) is 15.1 Å². The number of hydrogen-bond acceptors (Lipinski definition) is 4. The van der Waals surface area contributed by atoms with Crippen LogP contribution in [0.1, 0.15) is 32.1 Å². The van der Waals surface area contributed by atoms with Crippen molar-refractivity contribution < 1.29 is 19.2 Å². The highest BCUT2D eigenvalue weighted by Gasteiger charge is 2.29. The van der Waals surface area contributed by atoms with Gasteiger partial charge in [0.15, 0.2) is 0 Å². The zero-order chi connectivity index (χ0) is 16.8. The normalized spacial score (nSPS) is 19.0. The van der Waals surface area contributed by atoms with Crippen LogP contribution in [0.4, 0.5) is 0 Å². The van der Waals surface area contributed by atoms with Gasteiger partial charge in [-0.05, 0) is 25.7 Å². The van der Waals surface area contributed by atoms with E-state index in [0.29, 0.717) is 51.9 Å². The summed E-state index contributed by atoms with van der Waals surface area (Å²) >= 11 is 0. The first-order chi connectivity index (χ1) is 11.0. The minimum absolute atomic E-state index is 0.157. The number of carbonyl (C=O) groups excluding carboxylic acids is 4. The Labute approximate surface area is 135 Å². The summed E-state index contributed by atoms with van der Waals surface area (Å²) < 4.78 is 0. The molecule has 0 saturated carbocycles. The van der Waals surface area contributed by atoms with Crippen LogP contribution in [0.2, 0.25) is 0 Å². The van der Waals surface area contributed by atoms with E-state index in [4.69, 9.17) is 5.73 Å². The van der Waals surface area contributed by atoms with Gasteiger partial charge in [0.2, 0.25) is 11.8 Å². The third kappa shape index (κ3) is 4.67. The van der Waals surface area contributed by atoms with Gasteiger partial charge in [-0.2, -0.15) is 0 Å². The van der Waals surface area contributed by atoms with Crippen molar-refractivity contribution in [3.63, 3.8) is 0 Å². The molecule has 0 aromatic heterocycles. The molecule has 8 nitrogen and oxygen atoms in total. The lowest BCUT2D eigenvalue weighted by molar-refractivity contribution is -0.147. The van der Waals surface area contributed by atoms with Crippen LogP contribution < -0.4 is 11.1 Å². The molecule has 0 spiro atoms. The van der Waals surface area contributed by atoms with E-state index in [1.807, 2.05) is 0 Å². The number of nitrogens with one attached hydrogen (secondary N) is 1. The highest BCUT2D eigenvalue weighted by molar-refractivity contribution is 6.35. The summed E-state index contributed by atoms with van der Waals surface area (Å²) in [4.78, 5) is 49.6. The van der Waals surface area contributed by atoms with Crippen molar-refractivity contribution in [2.24, 2.45) is 11.7 Å². The van der Waals surface area contributed by atoms with Gasteiger partial charge in [-0.3, -0.25) is 19.2 Å². The Hall–Kier alpha value is -2.12. The largest absolute Gasteiger partial charge is 0.369 e. The monoisotopic (exact) mass is 324 g/mol. The van der Waals surface area contributed by atoms with E-state index in [-0.39, 0.29) is 17.7 Å². The fourth-order valence-electron chi connectivity index (χ4n) is 3.00. The standard InChI is InChI=1S/C15H24N4O4/c16-13(21)11-4-9-19(10-5-11)15(23)14(22)17-6-2-8-18-7-1-3-12(18)20/h11H,1-10H2,(H2,16,21)(H,17,22). The molecule has 0 aromatic carbocycles. The molecule has 2 aliphatic rings. The molecule has 128 valence electrons. The second-order valence-corrected chi connectivity index (χ2v) is 6.06. The van der Waals surface area contributed by atoms with Crippen molar-refractivity contribution in [2.45, 2.75) is 32.1 Å². The molecule has 2 heterocycles. The quantitative estimate of drug-likeness (QED) is 0.490. The van der Waals surface area contributed by atoms with Gasteiger partial charge in [0.05, 0.1) is 0 Å². The Balaban J connectivity index is 1.64. The predicted octanol–water partition coefficient (Wildman–Crippen LogP) is -1.16. The van der Waals surface area contributed by atoms with Gasteiger partial charge in [0.1, 0.15) is 0 Å². The van der Waals surface area contributed by atoms with Gasteiger partial charge in [-0.1, -0.05) is 0 Å². The van der Waals surface area contributed by atoms with E-state index in [1.54, 1.807) is 4.90 Å². The molecular weight excluding hydrogens is 300 g/mol. The van der Waals surface area contributed by atoms with E-state index in [9.17, 15) is 19.2 Å². The molecule has 8 heteroatoms. The molecule has 0 radical (unpaired) electrons. The van der Waals surface area contributed by atoms with Gasteiger partial charge in [-0.15, -0.1) is 0 Å². The summed E-state index contributed by atoms with van der Waals surface area (Å²) in [5.74, 6) is -1.59. The highest BCUT2D eigenvalue weighted by Crippen LogP contribution is 2.16. The summed E-state index contributed by atoms with van der Waals surface area (Å²) in [5, 5.41) is 2.59. The summed E-state index contributed by atoms with van der Waals surface area (Å²) in [6, 6.07) is 0. The number of carbonyl (C=O) groups is 4. The minimum atomic E-state index is -0.629. The first-order valence-corrected chi connectivity index (χ1v) is 8.13. The SMILES string of the molecule is NC(=O)C1CCN(C(=O)C(=O)NCCCN2CCCC2=O)CC1. The maximum Gasteiger partial charge on any atom is 0.311 e. The Morgan fingerprint density at radius 3 is 2.43 bits per heavy atom. The second kappa shape index (κ2) is 7.94. The lowest BCUT2D eigenvalue weighted by Gasteiger charge is -2.30. The van der Waals surface area contributed by atoms with Crippen molar-refractivity contribution in [3.8, 4) is 0 Å². The highest BCUT2D eigenvalue weighted by atomic mass is 16.2. The molecule has 4 amide bonds. The van der Waals surface area contributed by atoms with Crippen LogP contribution in [0.3, 0.4) is 0 Å². The first kappa shape index (κ1) is 17.2. The minimum Gasteiger partial charge on any atom is -0.369 e. The maximum absolute atomic E-state index is 12.0. The second-order valence-electron chi connectivity index (χ2n) is 6.06. The fraction of sp³-hybridized carbons (Fsp3) is 0.733. The topological polar surface area (TPSA) is 113 Å². The number of nitrogens with zero attached hydrogens (tertiary/aromatic N) is 2. The Bertz CT molecular complexity index is 486. The molecule has 0 bridgehead atoms. The molecule has 0 aromatic rings. The van der Waals surface area contributed by atoms with Crippen molar-refractivity contribution >= 4 is 23.6 Å². The summed E-state index contributed by atoms with van der Waals surface area (Å²) in [6.07, 6.45) is 3.14. The Morgan fingerprint density at radius 2 is 1.87 bits per heavy atom. The smallest absolute Gasteiger partial charge is 0.311 e. The van der Waals surface area contributed by atoms with E-state index in [2.05, 4.69) is 5.32 Å². The van der Waals surface area contributed by atoms with Crippen LogP contribution >= 0.6 is 0 Å². The third-order valence-corrected chi connectivity index (χ3v) is 4.44. The third-order valence-electron chi connectivity index (χ3n) is 4.44. The molecule has 3 N–H and O–H groups in total. The molecule has 23 heavy (non-hydrogen) atoms. The van der Waals surface area contributed by atoms with Gasteiger partial charge >= 0.3 is 11.8 Å². The van der Waals surface area contributed by atoms with Crippen LogP contribution in [-0.4, -0.2) is 66.2 Å². The van der Waals surface area contributed by atoms with E-state index in [1.165, 1.54) is 4.90 Å². The molecule has 2 aliphatic heterocycles. The fourth-order valence-corrected chi connectivity index (χ4v) is 3.00. The zero-order valence-electron chi connectivity index (χ0n) is 13.3. The maximum atomic E-state index is 12.0. The van der Waals surface area contributed by atoms with E-state index >= 15 is 0 Å². The number of likely N-dealkylation sites (tertiary alicyclic amines) is 2. The van der Waals surface area contributed by atoms with E-state index in [0.717, 1.165) is 13.0 Å². The Kier molecular flexibility index (Phi) is 5.95. The molecular formula is C15H24N4O4. The lowest BCUT2D eigenvalue weighted by atomic mass is 9.96. The predicted molar refractivity (Wildman–Crippen MR) is 81.9 cm³/mol. The average Bonchev–Trinajstić information content (AvgIpc) is 2.96. The molecule has 2 saturated heterocycles. The van der Waals surface area contributed by atoms with E-state index < -0.39 is 11.8 Å². The zero-order valence-corrected chi connectivity index (χ0v) is 13.3. The number of amides is 4. The van der Waals surface area contributed by atoms with Gasteiger partial charge in [-0.25, -0.2) is 0 Å². The number of primary amides is 1. The van der Waals surface area contributed by atoms with Crippen LogP contribution in [-0.2, 0) is 19.2 Å². The van der Waals surface area contributed by atoms with Gasteiger partial charge in [0, 0.05) is 45.1 Å². The lowest BCUT2D eigenvalue weighted by Crippen LogP contribution is -2.48. The van der Waals surface area contributed by atoms with Gasteiger partial charge in [0.25, 0.3) is 0 Å². The molecule has 0 atom stereocenters. The summed E-state index contributed by atoms with van der Waals surface area (Å²) in [7, 11) is 0. The van der Waals surface area contributed by atoms with Crippen molar-refractivity contribution in [1.29, 1.82) is 0 Å². The van der Waals surface area contributed by atoms with Crippen molar-refractivity contribution in [2.75, 3.05) is 32.7 Å². The number of hydrogen-bond donors (Lipinski definition) is 2. The summed E-state index contributed by atoms with van der Waals surface area (Å²) in [5.41, 5.74) is 5.24. The van der Waals surface area contributed by atoms with Crippen LogP contribution in [0.15, 0.2) is 0 Å².